The summed E-state index contributed by atoms with van der Waals surface area (Å²) in [5, 5.41) is 27.9. The van der Waals surface area contributed by atoms with E-state index in [-0.39, 0.29) is 31.4 Å². The van der Waals surface area contributed by atoms with E-state index >= 15 is 0 Å². The van der Waals surface area contributed by atoms with Crippen LogP contribution >= 0.6 is 11.3 Å². The largest absolute Gasteiger partial charge is 0.496 e. The molecule has 0 aliphatic carbocycles. The van der Waals surface area contributed by atoms with Crippen molar-refractivity contribution in [3.8, 4) is 27.3 Å². The number of aryl methyl sites for hydroxylation is 20. The van der Waals surface area contributed by atoms with Crippen molar-refractivity contribution in [2.45, 2.75) is 87.7 Å². The fourth-order valence-corrected chi connectivity index (χ4v) is 12.4. The number of rotatable bonds is 14. The highest BCUT2D eigenvalue weighted by Gasteiger charge is 2.11. The quantitative estimate of drug-likeness (QED) is 0.0553. The van der Waals surface area contributed by atoms with E-state index in [0.29, 0.717) is 5.56 Å². The van der Waals surface area contributed by atoms with Gasteiger partial charge in [-0.05, 0) is 137 Å². The Balaban J connectivity index is 0.000000292. The van der Waals surface area contributed by atoms with Crippen LogP contribution in [0.2, 0.25) is 0 Å². The molecule has 0 aliphatic heterocycles. The second-order valence-corrected chi connectivity index (χ2v) is 31.7. The third-order valence-corrected chi connectivity index (χ3v) is 19.9. The maximum atomic E-state index is 11.9. The van der Waals surface area contributed by atoms with Crippen molar-refractivity contribution in [1.29, 1.82) is 0 Å². The molecule has 0 amide bonds. The first-order chi connectivity index (χ1) is 60.8. The maximum Gasteiger partial charge on any atom is 0.193 e. The van der Waals surface area contributed by atoms with Crippen molar-refractivity contribution in [2.24, 2.45) is 84.6 Å². The lowest BCUT2D eigenvalue weighted by molar-refractivity contribution is -0.672. The molecule has 0 saturated heterocycles. The number of methoxy groups -OCH3 is 1. The molecule has 0 saturated carbocycles. The molecule has 19 nitrogen and oxygen atoms in total. The molecule has 15 aromatic rings. The number of ketones is 2. The molecule has 0 spiro atoms. The molecule has 13 heterocycles. The van der Waals surface area contributed by atoms with Crippen molar-refractivity contribution < 1.29 is 89.2 Å². The SMILES string of the molecule is CC(=O)c1cc[n+](C)cc1.CCc1c[n+](C)ccc1C.COc1cc[n+](C)cc1.C[n+]1ccc(C(=O)c2ccccc2)cc1.C[n+]1ccc(C=O)cc1.C[n+]1ccc(CCCO)cc1.C[n+]1ccc(CCO)cc1.C[n+]1ccc(CO)cc1.C[n+]1cccc(-c2cccs2)c1.Cc1cc(-c2ccccc2)c[n+](C)c1.Cc1cc(C)c[n+](C)c1.Cc1cc[n+](C)cc1C. The van der Waals surface area contributed by atoms with E-state index < -0.39 is 0 Å². The average Bonchev–Trinajstić information content (AvgIpc) is 1.61. The predicted octanol–water partition coefficient (Wildman–Crippen LogP) is 12.1. The van der Waals surface area contributed by atoms with Crippen LogP contribution in [0.25, 0.3) is 21.6 Å². The number of hydrogen-bond acceptors (Lipinski definition) is 8. The van der Waals surface area contributed by atoms with Crippen molar-refractivity contribution >= 4 is 29.2 Å². The minimum absolute atomic E-state index is 0.0659. The molecule has 20 heteroatoms. The van der Waals surface area contributed by atoms with Gasteiger partial charge in [-0.15, -0.1) is 11.3 Å². The van der Waals surface area contributed by atoms with Crippen molar-refractivity contribution in [2.75, 3.05) is 20.3 Å². The zero-order valence-corrected chi connectivity index (χ0v) is 79.5. The summed E-state index contributed by atoms with van der Waals surface area (Å²) in [5.74, 6) is 1.07. The van der Waals surface area contributed by atoms with Crippen molar-refractivity contribution in [3.05, 3.63) is 426 Å². The number of aromatic nitrogens is 12. The van der Waals surface area contributed by atoms with Gasteiger partial charge in [-0.3, -0.25) is 14.4 Å². The summed E-state index contributed by atoms with van der Waals surface area (Å²) in [6.45, 7) is 17.1. The van der Waals surface area contributed by atoms with Crippen LogP contribution in [0.3, 0.4) is 0 Å². The third kappa shape index (κ3) is 45.2. The molecule has 0 aliphatic rings. The highest BCUT2D eigenvalue weighted by atomic mass is 32.1. The molecule has 0 fully saturated rings. The Labute approximate surface area is 759 Å². The van der Waals surface area contributed by atoms with Gasteiger partial charge in [-0.25, -0.2) is 54.8 Å². The van der Waals surface area contributed by atoms with Gasteiger partial charge >= 0.3 is 0 Å². The van der Waals surface area contributed by atoms with Crippen LogP contribution < -0.4 is 59.5 Å². The van der Waals surface area contributed by atoms with Gasteiger partial charge in [0.2, 0.25) is 0 Å². The minimum atomic E-state index is 0.0659. The molecule has 0 atom stereocenters. The standard InChI is InChI=1S/C13H12NO.C13H14N.C10H10NS.C9H14NO.C9H14N.C8H10NO.C8H12NO.2C8H12N.2C7H10NO.C7H8NO/c1-14-9-7-12(8-10-14)13(15)11-5-3-2-4-6-11;1-11-8-13(10-14(2)9-11)12-6-4-3-5-7-12;1-11-6-2-4-9(8-11)10-5-3-7-12-10;1-10-6-4-9(5-7-10)3-2-8-11;1-4-9-7-10(3)6-5-8(9)2;1-7(10)8-3-5-9(2)6-4-8;1-9-5-2-8(3-6-9)4-7-10;1-7-4-8(2)6-9(3)5-7;1-7-4-5-9(3)6-8(7)2;1-8-5-3-7(9-2)4-6-8;2*1-8-4-2-7(6-9)3-5-8/h2-10H,1H3;3-10H,1-2H3;2-8H,1H3;4-7,11H,2-3,8H2,1H3;5-7H,4H2,1-3H3;3-6H,1-2H3;2-3,5-6,10H,4,7H2,1H3;2*4-6H,1-3H3;3-6H,1-2H3;2-5,9H,6H2,1H3;2-6H,1H3/q12*+1. The number of benzene rings is 2. The number of thiophene rings is 1. The monoisotopic (exact) mass is 1740 g/mol. The summed E-state index contributed by atoms with van der Waals surface area (Å²) in [6, 6.07) is 63.4. The second-order valence-electron chi connectivity index (χ2n) is 30.7. The van der Waals surface area contributed by atoms with E-state index in [1.807, 2.05) is 292 Å². The van der Waals surface area contributed by atoms with Gasteiger partial charge in [0.1, 0.15) is 90.3 Å². The van der Waals surface area contributed by atoms with Crippen LogP contribution in [0.15, 0.2) is 348 Å². The Morgan fingerprint density at radius 2 is 0.756 bits per heavy atom. The average molecular weight is 1740 g/mol. The lowest BCUT2D eigenvalue weighted by Crippen LogP contribution is -2.27. The molecule has 0 unspecified atom stereocenters. The first kappa shape index (κ1) is 106. The fraction of sp³-hybridized carbons (Fsp3) is 0.262. The number of aliphatic hydroxyl groups excluding tert-OH is 3. The van der Waals surface area contributed by atoms with Crippen LogP contribution in [-0.2, 0) is 110 Å². The fourth-order valence-electron chi connectivity index (χ4n) is 11.7. The number of pyridine rings is 12. The van der Waals surface area contributed by atoms with Crippen LogP contribution in [0.1, 0.15) is 113 Å². The Morgan fingerprint density at radius 3 is 1.17 bits per heavy atom. The molecule has 127 heavy (non-hydrogen) atoms. The lowest BCUT2D eigenvalue weighted by Gasteiger charge is -2.00. The predicted molar refractivity (Wildman–Crippen MR) is 502 cm³/mol. The molecule has 2 aromatic carbocycles. The Bertz CT molecular complexity index is 5480. The highest BCUT2D eigenvalue weighted by Crippen LogP contribution is 2.23. The molecule has 3 N–H and O–H groups in total. The first-order valence-electron chi connectivity index (χ1n) is 42.2. The van der Waals surface area contributed by atoms with Gasteiger partial charge in [0.15, 0.2) is 167 Å². The van der Waals surface area contributed by atoms with Crippen molar-refractivity contribution in [1.82, 2.24) is 0 Å². The van der Waals surface area contributed by atoms with Crippen LogP contribution in [-0.4, -0.2) is 53.5 Å². The summed E-state index contributed by atoms with van der Waals surface area (Å²) < 4.78 is 28.9. The van der Waals surface area contributed by atoms with Gasteiger partial charge in [0.05, 0.1) is 19.3 Å². The summed E-state index contributed by atoms with van der Waals surface area (Å²) >= 11 is 1.77. The lowest BCUT2D eigenvalue weighted by atomic mass is 10.1. The van der Waals surface area contributed by atoms with E-state index in [4.69, 9.17) is 20.1 Å². The normalized spacial score (nSPS) is 9.73. The number of nitrogens with zero attached hydrogens (tertiary/aromatic N) is 12. The highest BCUT2D eigenvalue weighted by molar-refractivity contribution is 7.13. The molecular weight excluding hydrogens is 1600 g/mol. The minimum Gasteiger partial charge on any atom is -0.496 e. The number of ether oxygens (including phenoxy) is 1. The molecular formula is C107H138N12O7S+12. The number of Topliss-reactive ketones (excluding diaryl/α,β-unsaturated/α-hetero) is 1. The van der Waals surface area contributed by atoms with E-state index in [0.717, 1.165) is 60.0 Å². The Morgan fingerprint density at radius 1 is 0.354 bits per heavy atom. The summed E-state index contributed by atoms with van der Waals surface area (Å²) in [4.78, 5) is 34.1. The zero-order chi connectivity index (χ0) is 93.4. The molecule has 13 aromatic heterocycles. The topological polar surface area (TPSA) is 168 Å². The second kappa shape index (κ2) is 60.2. The van der Waals surface area contributed by atoms with Gasteiger partial charge in [0, 0.05) is 177 Å². The van der Waals surface area contributed by atoms with Gasteiger partial charge < -0.3 is 20.1 Å². The number of aldehydes is 1. The van der Waals surface area contributed by atoms with Crippen molar-refractivity contribution in [3.63, 3.8) is 0 Å². The van der Waals surface area contributed by atoms with Crippen LogP contribution in [0.4, 0.5) is 0 Å². The number of aliphatic hydroxyl groups is 3. The zero-order valence-electron chi connectivity index (χ0n) is 78.7. The molecule has 0 radical (unpaired) electrons. The third-order valence-electron chi connectivity index (χ3n) is 19.0. The van der Waals surface area contributed by atoms with E-state index in [2.05, 4.69) is 231 Å². The molecule has 0 bridgehead atoms. The maximum absolute atomic E-state index is 11.9. The molecule has 662 valence electrons. The van der Waals surface area contributed by atoms with Gasteiger partial charge in [0.25, 0.3) is 0 Å². The van der Waals surface area contributed by atoms with Crippen LogP contribution in [0.5, 0.6) is 5.75 Å². The van der Waals surface area contributed by atoms with E-state index in [1.54, 1.807) is 37.5 Å². The van der Waals surface area contributed by atoms with Gasteiger partial charge in [-0.2, -0.15) is 0 Å². The number of carbonyl (C=O) groups excluding carboxylic acids is 3. The number of carbonyl (C=O) groups is 3. The summed E-state index contributed by atoms with van der Waals surface area (Å²) in [5.41, 5.74) is 19.6. The number of hydrogen-bond donors (Lipinski definition) is 3. The summed E-state index contributed by atoms with van der Waals surface area (Å²) in [7, 11) is 25.5. The first-order valence-corrected chi connectivity index (χ1v) is 43.1. The van der Waals surface area contributed by atoms with Gasteiger partial charge in [-0.1, -0.05) is 73.7 Å². The van der Waals surface area contributed by atoms with Crippen LogP contribution in [0, 0.1) is 41.5 Å². The summed E-state index contributed by atoms with van der Waals surface area (Å²) in [6.07, 6.45) is 52.4. The van der Waals surface area contributed by atoms with E-state index in [1.165, 1.54) is 71.6 Å². The van der Waals surface area contributed by atoms with E-state index in [9.17, 15) is 14.4 Å². The Kier molecular flexibility index (Phi) is 50.3. The smallest absolute Gasteiger partial charge is 0.193 e. The Hall–Kier alpha value is -13.4. The molecule has 15 rings (SSSR count).